The van der Waals surface area contributed by atoms with Gasteiger partial charge in [0.25, 0.3) is 0 Å². The second-order valence-electron chi connectivity index (χ2n) is 4.13. The van der Waals surface area contributed by atoms with Crippen LogP contribution in [-0.2, 0) is 0 Å². The number of rotatable bonds is 3. The Bertz CT molecular complexity index is 509. The van der Waals surface area contributed by atoms with Crippen LogP contribution in [0.5, 0.6) is 0 Å². The van der Waals surface area contributed by atoms with Gasteiger partial charge in [0.15, 0.2) is 5.76 Å². The first-order valence-corrected chi connectivity index (χ1v) is 5.39. The summed E-state index contributed by atoms with van der Waals surface area (Å²) in [4.78, 5) is 10.5. The molecular formula is C13H11NO2. The molecule has 3 rings (SSSR count). The first-order valence-electron chi connectivity index (χ1n) is 5.39. The van der Waals surface area contributed by atoms with Gasteiger partial charge in [-0.1, -0.05) is 29.4 Å². The van der Waals surface area contributed by atoms with Crippen molar-refractivity contribution in [3.8, 4) is 11.3 Å². The number of benzene rings is 1. The van der Waals surface area contributed by atoms with Gasteiger partial charge in [-0.25, -0.2) is 0 Å². The summed E-state index contributed by atoms with van der Waals surface area (Å²) in [5, 5.41) is 4.05. The molecule has 16 heavy (non-hydrogen) atoms. The molecule has 0 atom stereocenters. The molecular weight excluding hydrogens is 202 g/mol. The Morgan fingerprint density at radius 2 is 2.00 bits per heavy atom. The first-order chi connectivity index (χ1) is 7.86. The third kappa shape index (κ3) is 1.65. The van der Waals surface area contributed by atoms with Gasteiger partial charge < -0.3 is 4.52 Å². The maximum Gasteiger partial charge on any atom is 0.167 e. The number of hydrogen-bond donors (Lipinski definition) is 0. The van der Waals surface area contributed by atoms with E-state index in [1.165, 1.54) is 12.8 Å². The number of carbonyl (C=O) groups is 1. The maximum atomic E-state index is 10.5. The summed E-state index contributed by atoms with van der Waals surface area (Å²) < 4.78 is 5.29. The average Bonchev–Trinajstić information content (AvgIpc) is 3.08. The van der Waals surface area contributed by atoms with Crippen LogP contribution < -0.4 is 0 Å². The van der Waals surface area contributed by atoms with E-state index in [4.69, 9.17) is 4.52 Å². The molecule has 0 amide bonds. The third-order valence-electron chi connectivity index (χ3n) is 2.86. The van der Waals surface area contributed by atoms with Crippen LogP contribution in [0.4, 0.5) is 0 Å². The minimum absolute atomic E-state index is 0.603. The van der Waals surface area contributed by atoms with E-state index in [0.717, 1.165) is 23.3 Å². The molecule has 0 bridgehead atoms. The Morgan fingerprint density at radius 3 is 2.62 bits per heavy atom. The molecule has 1 aliphatic rings. The van der Waals surface area contributed by atoms with Crippen molar-refractivity contribution in [1.82, 2.24) is 5.16 Å². The fourth-order valence-electron chi connectivity index (χ4n) is 1.72. The van der Waals surface area contributed by atoms with Gasteiger partial charge >= 0.3 is 0 Å². The van der Waals surface area contributed by atoms with Crippen LogP contribution in [0.25, 0.3) is 11.3 Å². The van der Waals surface area contributed by atoms with Crippen LogP contribution in [0.1, 0.15) is 34.8 Å². The molecule has 1 aromatic heterocycles. The van der Waals surface area contributed by atoms with Gasteiger partial charge in [0.2, 0.25) is 0 Å². The fraction of sp³-hybridized carbons (Fsp3) is 0.231. The summed E-state index contributed by atoms with van der Waals surface area (Å²) in [7, 11) is 0. The lowest BCUT2D eigenvalue weighted by molar-refractivity contribution is 0.112. The van der Waals surface area contributed by atoms with Crippen molar-refractivity contribution in [3.63, 3.8) is 0 Å². The molecule has 0 radical (unpaired) electrons. The molecule has 3 heteroatoms. The van der Waals surface area contributed by atoms with Gasteiger partial charge in [-0.15, -0.1) is 0 Å². The van der Waals surface area contributed by atoms with Crippen molar-refractivity contribution in [2.24, 2.45) is 0 Å². The zero-order valence-electron chi connectivity index (χ0n) is 8.72. The summed E-state index contributed by atoms with van der Waals surface area (Å²) in [6, 6.07) is 9.30. The lowest BCUT2D eigenvalue weighted by Crippen LogP contribution is -1.79. The van der Waals surface area contributed by atoms with E-state index in [2.05, 4.69) is 5.16 Å². The van der Waals surface area contributed by atoms with Crippen LogP contribution in [0.2, 0.25) is 0 Å². The molecule has 3 nitrogen and oxygen atoms in total. The lowest BCUT2D eigenvalue weighted by Gasteiger charge is -1.94. The molecule has 80 valence electrons. The van der Waals surface area contributed by atoms with Crippen molar-refractivity contribution in [2.75, 3.05) is 0 Å². The van der Waals surface area contributed by atoms with Crippen LogP contribution in [0.15, 0.2) is 34.9 Å². The third-order valence-corrected chi connectivity index (χ3v) is 2.86. The van der Waals surface area contributed by atoms with Gasteiger partial charge in [-0.2, -0.15) is 0 Å². The van der Waals surface area contributed by atoms with Crippen LogP contribution in [0, 0.1) is 0 Å². The fourth-order valence-corrected chi connectivity index (χ4v) is 1.72. The van der Waals surface area contributed by atoms with Gasteiger partial charge in [-0.3, -0.25) is 4.79 Å². The van der Waals surface area contributed by atoms with E-state index in [9.17, 15) is 4.79 Å². The number of hydrogen-bond acceptors (Lipinski definition) is 3. The van der Waals surface area contributed by atoms with E-state index < -0.39 is 0 Å². The highest BCUT2D eigenvalue weighted by atomic mass is 16.5. The van der Waals surface area contributed by atoms with Crippen molar-refractivity contribution < 1.29 is 9.32 Å². The van der Waals surface area contributed by atoms with E-state index in [0.29, 0.717) is 11.5 Å². The van der Waals surface area contributed by atoms with E-state index >= 15 is 0 Å². The lowest BCUT2D eigenvalue weighted by atomic mass is 10.1. The van der Waals surface area contributed by atoms with E-state index in [1.807, 2.05) is 18.2 Å². The Labute approximate surface area is 93.1 Å². The van der Waals surface area contributed by atoms with Crippen LogP contribution >= 0.6 is 0 Å². The number of aldehydes is 1. The quantitative estimate of drug-likeness (QED) is 0.736. The standard InChI is InChI=1S/C13H11NO2/c15-8-9-1-3-11(4-2-9)13-7-12(14-16-13)10-5-6-10/h1-4,7-8,10H,5-6H2. The maximum absolute atomic E-state index is 10.5. The topological polar surface area (TPSA) is 43.1 Å². The molecule has 1 saturated carbocycles. The predicted molar refractivity (Wildman–Crippen MR) is 59.3 cm³/mol. The second-order valence-corrected chi connectivity index (χ2v) is 4.13. The van der Waals surface area contributed by atoms with Gasteiger partial charge in [0.05, 0.1) is 5.69 Å². The highest BCUT2D eigenvalue weighted by Gasteiger charge is 2.27. The second kappa shape index (κ2) is 3.59. The molecule has 1 aromatic carbocycles. The molecule has 0 spiro atoms. The Morgan fingerprint density at radius 1 is 1.25 bits per heavy atom. The predicted octanol–water partition coefficient (Wildman–Crippen LogP) is 3.03. The number of carbonyl (C=O) groups excluding carboxylic acids is 1. The molecule has 1 heterocycles. The summed E-state index contributed by atoms with van der Waals surface area (Å²) >= 11 is 0. The average molecular weight is 213 g/mol. The SMILES string of the molecule is O=Cc1ccc(-c2cc(C3CC3)no2)cc1. The van der Waals surface area contributed by atoms with Crippen molar-refractivity contribution >= 4 is 6.29 Å². The molecule has 0 saturated heterocycles. The summed E-state index contributed by atoms with van der Waals surface area (Å²) in [5.74, 6) is 1.38. The highest BCUT2D eigenvalue weighted by Crippen LogP contribution is 2.40. The molecule has 0 aliphatic heterocycles. The first kappa shape index (κ1) is 9.33. The van der Waals surface area contributed by atoms with E-state index in [-0.39, 0.29) is 0 Å². The Balaban J connectivity index is 1.91. The molecule has 0 N–H and O–H groups in total. The normalized spacial score (nSPS) is 15.0. The van der Waals surface area contributed by atoms with Crippen LogP contribution in [0.3, 0.4) is 0 Å². The van der Waals surface area contributed by atoms with Gasteiger partial charge in [0.1, 0.15) is 6.29 Å². The smallest absolute Gasteiger partial charge is 0.167 e. The minimum atomic E-state index is 0.603. The summed E-state index contributed by atoms with van der Waals surface area (Å²) in [6.07, 6.45) is 3.27. The monoisotopic (exact) mass is 213 g/mol. The number of aromatic nitrogens is 1. The molecule has 0 unspecified atom stereocenters. The van der Waals surface area contributed by atoms with Crippen molar-refractivity contribution in [3.05, 3.63) is 41.6 Å². The van der Waals surface area contributed by atoms with Crippen LogP contribution in [-0.4, -0.2) is 11.4 Å². The van der Waals surface area contributed by atoms with Gasteiger partial charge in [0, 0.05) is 23.1 Å². The van der Waals surface area contributed by atoms with Gasteiger partial charge in [-0.05, 0) is 12.8 Å². The van der Waals surface area contributed by atoms with Crippen molar-refractivity contribution in [2.45, 2.75) is 18.8 Å². The Kier molecular flexibility index (Phi) is 2.10. The number of nitrogens with zero attached hydrogens (tertiary/aromatic N) is 1. The molecule has 1 aliphatic carbocycles. The van der Waals surface area contributed by atoms with E-state index in [1.54, 1.807) is 12.1 Å². The summed E-state index contributed by atoms with van der Waals surface area (Å²) in [6.45, 7) is 0. The summed E-state index contributed by atoms with van der Waals surface area (Å²) in [5.41, 5.74) is 2.69. The zero-order chi connectivity index (χ0) is 11.0. The molecule has 2 aromatic rings. The zero-order valence-corrected chi connectivity index (χ0v) is 8.72. The largest absolute Gasteiger partial charge is 0.356 e. The highest BCUT2D eigenvalue weighted by molar-refractivity contribution is 5.76. The minimum Gasteiger partial charge on any atom is -0.356 e. The Hall–Kier alpha value is -1.90. The van der Waals surface area contributed by atoms with Crippen molar-refractivity contribution in [1.29, 1.82) is 0 Å². The molecule has 1 fully saturated rings.